The van der Waals surface area contributed by atoms with Gasteiger partial charge in [-0.1, -0.05) is 29.8 Å². The molecule has 1 atom stereocenters. The number of benzene rings is 2. The van der Waals surface area contributed by atoms with E-state index in [9.17, 15) is 14.4 Å². The minimum atomic E-state index is -0.322. The highest BCUT2D eigenvalue weighted by Crippen LogP contribution is 2.23. The molecule has 1 unspecified atom stereocenters. The Kier molecular flexibility index (Phi) is 6.47. The Labute approximate surface area is 169 Å². The van der Waals surface area contributed by atoms with Crippen molar-refractivity contribution in [2.75, 3.05) is 19.7 Å². The molecule has 0 N–H and O–H groups in total. The Balaban J connectivity index is 1.83. The van der Waals surface area contributed by atoms with Crippen molar-refractivity contribution in [2.24, 2.45) is 5.92 Å². The van der Waals surface area contributed by atoms with E-state index in [1.165, 1.54) is 0 Å². The topological polar surface area (TPSA) is 63.7 Å². The average Bonchev–Trinajstić information content (AvgIpc) is 2.73. The number of halogens is 1. The first-order valence-corrected chi connectivity index (χ1v) is 9.74. The molecular weight excluding hydrogens is 378 g/mol. The van der Waals surface area contributed by atoms with Crippen molar-refractivity contribution in [1.82, 2.24) is 4.90 Å². The minimum absolute atomic E-state index is 0.237. The van der Waals surface area contributed by atoms with Crippen molar-refractivity contribution in [3.63, 3.8) is 0 Å². The number of ketones is 1. The molecule has 1 aliphatic heterocycles. The number of nitrogens with zero attached hydrogens (tertiary/aromatic N) is 1. The summed E-state index contributed by atoms with van der Waals surface area (Å²) in [5.74, 6) is -1.08. The monoisotopic (exact) mass is 399 g/mol. The van der Waals surface area contributed by atoms with E-state index in [1.807, 2.05) is 0 Å². The Morgan fingerprint density at radius 2 is 1.75 bits per heavy atom. The van der Waals surface area contributed by atoms with Crippen molar-refractivity contribution in [3.05, 3.63) is 70.2 Å². The summed E-state index contributed by atoms with van der Waals surface area (Å²) in [4.78, 5) is 39.8. The zero-order valence-corrected chi connectivity index (χ0v) is 16.4. The van der Waals surface area contributed by atoms with Crippen LogP contribution in [0.1, 0.15) is 46.0 Å². The summed E-state index contributed by atoms with van der Waals surface area (Å²) >= 11 is 5.90. The first kappa shape index (κ1) is 20.1. The van der Waals surface area contributed by atoms with Gasteiger partial charge < -0.3 is 9.64 Å². The van der Waals surface area contributed by atoms with Crippen LogP contribution < -0.4 is 0 Å². The van der Waals surface area contributed by atoms with Crippen LogP contribution in [0.5, 0.6) is 0 Å². The molecule has 146 valence electrons. The number of rotatable bonds is 5. The lowest BCUT2D eigenvalue weighted by atomic mass is 9.94. The van der Waals surface area contributed by atoms with E-state index in [4.69, 9.17) is 16.3 Å². The summed E-state index contributed by atoms with van der Waals surface area (Å²) in [5, 5.41) is 0.541. The first-order chi connectivity index (χ1) is 13.5. The van der Waals surface area contributed by atoms with Crippen molar-refractivity contribution in [3.8, 4) is 0 Å². The van der Waals surface area contributed by atoms with E-state index in [0.29, 0.717) is 47.8 Å². The molecule has 2 aromatic carbocycles. The second kappa shape index (κ2) is 9.02. The van der Waals surface area contributed by atoms with Gasteiger partial charge in [0.2, 0.25) is 0 Å². The van der Waals surface area contributed by atoms with Crippen molar-refractivity contribution >= 4 is 29.3 Å². The number of esters is 1. The van der Waals surface area contributed by atoms with Crippen molar-refractivity contribution < 1.29 is 19.1 Å². The van der Waals surface area contributed by atoms with Crippen LogP contribution in [-0.2, 0) is 9.53 Å². The lowest BCUT2D eigenvalue weighted by molar-refractivity contribution is -0.149. The molecule has 0 aliphatic carbocycles. The molecule has 0 aromatic heterocycles. The second-order valence-electron chi connectivity index (χ2n) is 6.72. The van der Waals surface area contributed by atoms with Crippen LogP contribution in [-0.4, -0.2) is 42.3 Å². The number of likely N-dealkylation sites (tertiary alicyclic amines) is 1. The highest BCUT2D eigenvalue weighted by Gasteiger charge is 2.31. The molecule has 0 spiro atoms. The van der Waals surface area contributed by atoms with Crippen LogP contribution in [0.15, 0.2) is 48.5 Å². The molecule has 0 bridgehead atoms. The maximum atomic E-state index is 13.1. The summed E-state index contributed by atoms with van der Waals surface area (Å²) in [7, 11) is 0. The van der Waals surface area contributed by atoms with Gasteiger partial charge in [-0.05, 0) is 50.1 Å². The molecule has 3 rings (SSSR count). The van der Waals surface area contributed by atoms with Crippen LogP contribution in [0, 0.1) is 5.92 Å². The number of carbonyl (C=O) groups excluding carboxylic acids is 3. The van der Waals surface area contributed by atoms with Crippen LogP contribution in [0.3, 0.4) is 0 Å². The summed E-state index contributed by atoms with van der Waals surface area (Å²) in [6, 6.07) is 13.3. The normalized spacial score (nSPS) is 16.5. The number of amides is 1. The van der Waals surface area contributed by atoms with Gasteiger partial charge >= 0.3 is 5.97 Å². The lowest BCUT2D eigenvalue weighted by Gasteiger charge is -2.32. The number of ether oxygens (including phenoxy) is 1. The Bertz CT molecular complexity index is 878. The van der Waals surface area contributed by atoms with E-state index < -0.39 is 0 Å². The van der Waals surface area contributed by atoms with Crippen LogP contribution in [0.2, 0.25) is 5.02 Å². The van der Waals surface area contributed by atoms with Gasteiger partial charge in [-0.15, -0.1) is 0 Å². The average molecular weight is 400 g/mol. The van der Waals surface area contributed by atoms with E-state index in [-0.39, 0.29) is 23.6 Å². The largest absolute Gasteiger partial charge is 0.466 e. The Morgan fingerprint density at radius 1 is 1.07 bits per heavy atom. The van der Waals surface area contributed by atoms with Gasteiger partial charge in [0.15, 0.2) is 5.78 Å². The number of piperidine rings is 1. The van der Waals surface area contributed by atoms with Crippen LogP contribution in [0.4, 0.5) is 0 Å². The number of carbonyl (C=O) groups is 3. The van der Waals surface area contributed by atoms with Gasteiger partial charge in [-0.25, -0.2) is 0 Å². The van der Waals surface area contributed by atoms with Gasteiger partial charge in [-0.2, -0.15) is 0 Å². The molecule has 1 amide bonds. The quantitative estimate of drug-likeness (QED) is 0.563. The van der Waals surface area contributed by atoms with Crippen molar-refractivity contribution in [2.45, 2.75) is 19.8 Å². The molecule has 1 heterocycles. The maximum absolute atomic E-state index is 13.1. The maximum Gasteiger partial charge on any atom is 0.310 e. The fraction of sp³-hybridized carbons (Fsp3) is 0.318. The summed E-state index contributed by atoms with van der Waals surface area (Å²) in [6.07, 6.45) is 1.43. The highest BCUT2D eigenvalue weighted by atomic mass is 35.5. The van der Waals surface area contributed by atoms with Gasteiger partial charge in [-0.3, -0.25) is 14.4 Å². The molecule has 0 radical (unpaired) electrons. The molecule has 1 saturated heterocycles. The third kappa shape index (κ3) is 4.42. The number of hydrogen-bond donors (Lipinski definition) is 0. The highest BCUT2D eigenvalue weighted by molar-refractivity contribution is 6.30. The standard InChI is InChI=1S/C22H22ClNO4/c1-2-28-22(27)16-6-5-13-24(14-16)21(26)19-8-4-3-7-18(19)20(25)15-9-11-17(23)12-10-15/h3-4,7-12,16H,2,5-6,13-14H2,1H3. The van der Waals surface area contributed by atoms with E-state index >= 15 is 0 Å². The second-order valence-corrected chi connectivity index (χ2v) is 7.16. The summed E-state index contributed by atoms with van der Waals surface area (Å²) in [6.45, 7) is 2.95. The first-order valence-electron chi connectivity index (χ1n) is 9.36. The molecule has 1 aliphatic rings. The van der Waals surface area contributed by atoms with E-state index in [1.54, 1.807) is 60.4 Å². The molecule has 1 fully saturated rings. The fourth-order valence-corrected chi connectivity index (χ4v) is 3.53. The van der Waals surface area contributed by atoms with E-state index in [2.05, 4.69) is 0 Å². The molecular formula is C22H22ClNO4. The third-order valence-corrected chi connectivity index (χ3v) is 5.09. The molecule has 0 saturated carbocycles. The SMILES string of the molecule is CCOC(=O)C1CCCN(C(=O)c2ccccc2C(=O)c2ccc(Cl)cc2)C1. The summed E-state index contributed by atoms with van der Waals surface area (Å²) in [5.41, 5.74) is 1.15. The molecule has 6 heteroatoms. The van der Waals surface area contributed by atoms with Crippen molar-refractivity contribution in [1.29, 1.82) is 0 Å². The van der Waals surface area contributed by atoms with Gasteiger partial charge in [0.05, 0.1) is 18.1 Å². The number of hydrogen-bond acceptors (Lipinski definition) is 4. The lowest BCUT2D eigenvalue weighted by Crippen LogP contribution is -2.43. The van der Waals surface area contributed by atoms with Gasteiger partial charge in [0.1, 0.15) is 0 Å². The predicted molar refractivity (Wildman–Crippen MR) is 107 cm³/mol. The smallest absolute Gasteiger partial charge is 0.310 e. The summed E-state index contributed by atoms with van der Waals surface area (Å²) < 4.78 is 5.10. The van der Waals surface area contributed by atoms with Gasteiger partial charge in [0.25, 0.3) is 5.91 Å². The Hall–Kier alpha value is -2.66. The third-order valence-electron chi connectivity index (χ3n) is 4.84. The van der Waals surface area contributed by atoms with Crippen LogP contribution >= 0.6 is 11.6 Å². The minimum Gasteiger partial charge on any atom is -0.466 e. The zero-order valence-electron chi connectivity index (χ0n) is 15.7. The van der Waals surface area contributed by atoms with E-state index in [0.717, 1.165) is 6.42 Å². The fourth-order valence-electron chi connectivity index (χ4n) is 3.41. The predicted octanol–water partition coefficient (Wildman–Crippen LogP) is 3.99. The molecule has 5 nitrogen and oxygen atoms in total. The van der Waals surface area contributed by atoms with Gasteiger partial charge in [0, 0.05) is 29.2 Å². The molecule has 28 heavy (non-hydrogen) atoms. The zero-order chi connectivity index (χ0) is 20.1. The van der Waals surface area contributed by atoms with Crippen LogP contribution in [0.25, 0.3) is 0 Å². The Morgan fingerprint density at radius 3 is 2.43 bits per heavy atom. The molecule has 2 aromatic rings.